The summed E-state index contributed by atoms with van der Waals surface area (Å²) in [6.45, 7) is 5.69. The third-order valence-electron chi connectivity index (χ3n) is 12.8. The second-order valence-electron chi connectivity index (χ2n) is 20.7. The number of unbranched alkanes of at least 4 members (excludes halogenated alkanes) is 38. The van der Waals surface area contributed by atoms with Crippen molar-refractivity contribution in [3.8, 4) is 0 Å². The first-order valence-electron chi connectivity index (χ1n) is 28.4. The van der Waals surface area contributed by atoms with Gasteiger partial charge in [0.05, 0.1) is 34.4 Å². The molecule has 0 radical (unpaired) electrons. The Morgan fingerprint density at radius 1 is 0.462 bits per heavy atom. The molecule has 0 spiro atoms. The van der Waals surface area contributed by atoms with Gasteiger partial charge in [-0.05, 0) is 38.5 Å². The van der Waals surface area contributed by atoms with Gasteiger partial charge in [-0.1, -0.05) is 251 Å². The molecule has 0 bridgehead atoms. The van der Waals surface area contributed by atoms with Gasteiger partial charge in [0, 0.05) is 13.0 Å². The molecule has 0 saturated carbocycles. The molecule has 0 aromatic rings. The molecule has 0 rings (SSSR count). The van der Waals surface area contributed by atoms with E-state index in [1.807, 2.05) is 21.1 Å². The van der Waals surface area contributed by atoms with E-state index in [0.29, 0.717) is 24.1 Å². The Hall–Kier alpha value is -0.760. The van der Waals surface area contributed by atoms with E-state index in [2.05, 4.69) is 26.0 Å². The summed E-state index contributed by atoms with van der Waals surface area (Å²) in [5.74, 6) is -0.311. The fourth-order valence-electron chi connectivity index (χ4n) is 8.43. The van der Waals surface area contributed by atoms with E-state index in [1.54, 1.807) is 0 Å². The quantitative estimate of drug-likeness (QED) is 0.0213. The fraction of sp³-hybridized carbons (Fsp3) is 0.946. The number of hydrogen-bond donors (Lipinski definition) is 1. The molecule has 2 atom stereocenters. The summed E-state index contributed by atoms with van der Waals surface area (Å²) in [7, 11) is 1.68. The molecular weight excluding hydrogens is 830 g/mol. The molecule has 0 saturated heterocycles. The Morgan fingerprint density at radius 3 is 1.17 bits per heavy atom. The molecule has 8 nitrogen and oxygen atoms in total. The van der Waals surface area contributed by atoms with Crippen LogP contribution in [0, 0.1) is 0 Å². The highest BCUT2D eigenvalue weighted by molar-refractivity contribution is 7.47. The SMILES string of the molecule is CCCCCCCC/C=C\CCCCCCCCCC(=O)OC(COCCCCCCCCCCCCCCCCCCCCCCCCCCCC)COP(=O)(O)OCC[N+](C)(C)C. The number of likely N-dealkylation sites (N-methyl/N-ethyl adjacent to an activating group) is 1. The van der Waals surface area contributed by atoms with Gasteiger partial charge in [-0.15, -0.1) is 0 Å². The molecular formula is C56H113NO7P+. The number of carbonyl (C=O) groups is 1. The van der Waals surface area contributed by atoms with Gasteiger partial charge in [0.25, 0.3) is 0 Å². The van der Waals surface area contributed by atoms with Crippen molar-refractivity contribution in [2.75, 3.05) is 54.1 Å². The number of quaternary nitrogens is 1. The molecule has 9 heteroatoms. The summed E-state index contributed by atoms with van der Waals surface area (Å²) in [5, 5.41) is 0. The van der Waals surface area contributed by atoms with Crippen molar-refractivity contribution >= 4 is 13.8 Å². The molecule has 0 fully saturated rings. The van der Waals surface area contributed by atoms with Crippen molar-refractivity contribution in [3.63, 3.8) is 0 Å². The maximum atomic E-state index is 12.8. The number of esters is 1. The molecule has 0 aromatic heterocycles. The van der Waals surface area contributed by atoms with Crippen LogP contribution in [0.3, 0.4) is 0 Å². The van der Waals surface area contributed by atoms with E-state index >= 15 is 0 Å². The van der Waals surface area contributed by atoms with Gasteiger partial charge in [-0.3, -0.25) is 13.8 Å². The molecule has 2 unspecified atom stereocenters. The maximum Gasteiger partial charge on any atom is 0.472 e. The van der Waals surface area contributed by atoms with Gasteiger partial charge in [-0.25, -0.2) is 4.57 Å². The normalized spacial score (nSPS) is 13.5. The molecule has 1 N–H and O–H groups in total. The van der Waals surface area contributed by atoms with Crippen LogP contribution in [-0.2, 0) is 27.9 Å². The molecule has 0 heterocycles. The molecule has 388 valence electrons. The number of phosphoric acid groups is 1. The van der Waals surface area contributed by atoms with Gasteiger partial charge in [-0.2, -0.15) is 0 Å². The minimum atomic E-state index is -4.28. The molecule has 0 aliphatic rings. The number of ether oxygens (including phenoxy) is 2. The number of rotatable bonds is 54. The largest absolute Gasteiger partial charge is 0.472 e. The second kappa shape index (κ2) is 49.7. The van der Waals surface area contributed by atoms with Crippen LogP contribution >= 0.6 is 7.82 Å². The Labute approximate surface area is 405 Å². The lowest BCUT2D eigenvalue weighted by molar-refractivity contribution is -0.870. The first-order valence-corrected chi connectivity index (χ1v) is 29.9. The number of allylic oxidation sites excluding steroid dienone is 2. The van der Waals surface area contributed by atoms with Crippen molar-refractivity contribution in [3.05, 3.63) is 12.2 Å². The highest BCUT2D eigenvalue weighted by Gasteiger charge is 2.26. The summed E-state index contributed by atoms with van der Waals surface area (Å²) in [6, 6.07) is 0. The number of nitrogens with zero attached hydrogens (tertiary/aromatic N) is 1. The molecule has 0 aromatic carbocycles. The zero-order chi connectivity index (χ0) is 47.6. The smallest absolute Gasteiger partial charge is 0.457 e. The van der Waals surface area contributed by atoms with Crippen molar-refractivity contribution in [1.82, 2.24) is 0 Å². The van der Waals surface area contributed by atoms with Crippen LogP contribution in [0.2, 0.25) is 0 Å². The summed E-state index contributed by atoms with van der Waals surface area (Å²) in [5.41, 5.74) is 0. The van der Waals surface area contributed by atoms with E-state index in [0.717, 1.165) is 32.1 Å². The lowest BCUT2D eigenvalue weighted by atomic mass is 10.0. The average Bonchev–Trinajstić information content (AvgIpc) is 3.27. The van der Waals surface area contributed by atoms with Crippen molar-refractivity contribution in [1.29, 1.82) is 0 Å². The summed E-state index contributed by atoms with van der Waals surface area (Å²) in [6.07, 6.45) is 58.5. The Balaban J connectivity index is 4.00. The van der Waals surface area contributed by atoms with Crippen LogP contribution in [0.15, 0.2) is 12.2 Å². The topological polar surface area (TPSA) is 91.3 Å². The van der Waals surface area contributed by atoms with E-state index in [1.165, 1.54) is 231 Å². The minimum absolute atomic E-state index is 0.0915. The van der Waals surface area contributed by atoms with Crippen LogP contribution in [-0.4, -0.2) is 75.6 Å². The molecule has 0 aliphatic carbocycles. The average molecular weight is 943 g/mol. The third-order valence-corrected chi connectivity index (χ3v) is 13.8. The number of carbonyl (C=O) groups excluding carboxylic acids is 1. The first-order chi connectivity index (χ1) is 31.6. The van der Waals surface area contributed by atoms with Gasteiger partial charge >= 0.3 is 13.8 Å². The standard InChI is InChI=1S/C56H112NO7P/c1-6-8-10-12-14-16-18-20-22-24-25-26-27-28-29-30-31-32-34-36-38-40-42-44-46-48-51-61-53-55(54-63-65(59,60)62-52-50-57(3,4)5)64-56(58)49-47-45-43-41-39-37-35-33-23-21-19-17-15-13-11-9-7-2/h21,23,55H,6-20,22,24-54H2,1-5H3/p+1/b23-21-. The van der Waals surface area contributed by atoms with Crippen LogP contribution in [0.5, 0.6) is 0 Å². The highest BCUT2D eigenvalue weighted by Crippen LogP contribution is 2.43. The van der Waals surface area contributed by atoms with Gasteiger partial charge in [0.1, 0.15) is 19.3 Å². The predicted octanol–water partition coefficient (Wildman–Crippen LogP) is 17.7. The third kappa shape index (κ3) is 54.1. The van der Waals surface area contributed by atoms with Crippen LogP contribution in [0.4, 0.5) is 0 Å². The van der Waals surface area contributed by atoms with Gasteiger partial charge in [0.2, 0.25) is 0 Å². The molecule has 0 amide bonds. The van der Waals surface area contributed by atoms with E-state index in [-0.39, 0.29) is 25.8 Å². The van der Waals surface area contributed by atoms with Gasteiger partial charge in [0.15, 0.2) is 0 Å². The Kier molecular flexibility index (Phi) is 49.1. The maximum absolute atomic E-state index is 12.8. The Morgan fingerprint density at radius 2 is 0.800 bits per heavy atom. The van der Waals surface area contributed by atoms with Crippen molar-refractivity contribution in [2.45, 2.75) is 290 Å². The lowest BCUT2D eigenvalue weighted by Crippen LogP contribution is -2.37. The zero-order valence-electron chi connectivity index (χ0n) is 44.3. The van der Waals surface area contributed by atoms with E-state index < -0.39 is 13.9 Å². The van der Waals surface area contributed by atoms with Crippen LogP contribution in [0.25, 0.3) is 0 Å². The summed E-state index contributed by atoms with van der Waals surface area (Å²) < 4.78 is 35.2. The second-order valence-corrected chi connectivity index (χ2v) is 22.1. The zero-order valence-corrected chi connectivity index (χ0v) is 45.2. The number of phosphoric ester groups is 1. The van der Waals surface area contributed by atoms with Crippen LogP contribution in [0.1, 0.15) is 284 Å². The highest BCUT2D eigenvalue weighted by atomic mass is 31.2. The van der Waals surface area contributed by atoms with Crippen LogP contribution < -0.4 is 0 Å². The van der Waals surface area contributed by atoms with Gasteiger partial charge < -0.3 is 18.9 Å². The van der Waals surface area contributed by atoms with E-state index in [4.69, 9.17) is 18.5 Å². The number of hydrogen-bond acceptors (Lipinski definition) is 6. The van der Waals surface area contributed by atoms with Crippen molar-refractivity contribution < 1.29 is 37.3 Å². The molecule has 0 aliphatic heterocycles. The van der Waals surface area contributed by atoms with Crippen molar-refractivity contribution in [2.24, 2.45) is 0 Å². The predicted molar refractivity (Wildman–Crippen MR) is 280 cm³/mol. The van der Waals surface area contributed by atoms with E-state index in [9.17, 15) is 14.3 Å². The summed E-state index contributed by atoms with van der Waals surface area (Å²) >= 11 is 0. The lowest BCUT2D eigenvalue weighted by Gasteiger charge is -2.24. The fourth-order valence-corrected chi connectivity index (χ4v) is 9.18. The monoisotopic (exact) mass is 943 g/mol. The summed E-state index contributed by atoms with van der Waals surface area (Å²) in [4.78, 5) is 23.0. The minimum Gasteiger partial charge on any atom is -0.457 e. The first kappa shape index (κ1) is 64.2. The molecule has 65 heavy (non-hydrogen) atoms. The Bertz CT molecular complexity index is 1050.